The third-order valence-electron chi connectivity index (χ3n) is 5.49. The van der Waals surface area contributed by atoms with Crippen LogP contribution in [0.25, 0.3) is 11.3 Å². The van der Waals surface area contributed by atoms with Gasteiger partial charge >= 0.3 is 0 Å². The van der Waals surface area contributed by atoms with E-state index in [1.807, 2.05) is 0 Å². The lowest BCUT2D eigenvalue weighted by Gasteiger charge is -2.42. The number of aryl methyl sites for hydroxylation is 1. The standard InChI is InChI=1S/C21H19FN6O3/c1-11-13-5-12(22)3-4-17(13)31-21(9-29-10-21)6-14-18(16(7-23)28(2)27-14)15-8-25-19(24)20(26-15)30-11/h3-5,8,11H,6,9-10H2,1-2H3,(H2,24,25). The van der Waals surface area contributed by atoms with E-state index in [1.54, 1.807) is 20.0 Å². The molecule has 10 heteroatoms. The number of anilines is 1. The molecule has 1 saturated heterocycles. The maximum atomic E-state index is 14.1. The van der Waals surface area contributed by atoms with Gasteiger partial charge in [0.1, 0.15) is 29.4 Å². The molecule has 1 spiro atoms. The maximum Gasteiger partial charge on any atom is 0.258 e. The maximum absolute atomic E-state index is 14.1. The Balaban J connectivity index is 1.75. The number of rotatable bonds is 0. The topological polar surface area (TPSA) is 121 Å². The van der Waals surface area contributed by atoms with Crippen LogP contribution >= 0.6 is 0 Å². The Bertz CT molecular complexity index is 1230. The summed E-state index contributed by atoms with van der Waals surface area (Å²) in [5.41, 5.74) is 7.69. The molecule has 3 aromatic rings. The van der Waals surface area contributed by atoms with E-state index in [1.165, 1.54) is 23.0 Å². The second kappa shape index (κ2) is 6.92. The van der Waals surface area contributed by atoms with Gasteiger partial charge in [0.15, 0.2) is 11.4 Å². The zero-order valence-electron chi connectivity index (χ0n) is 16.9. The van der Waals surface area contributed by atoms with Gasteiger partial charge in [-0.1, -0.05) is 0 Å². The summed E-state index contributed by atoms with van der Waals surface area (Å²) in [4.78, 5) is 8.73. The van der Waals surface area contributed by atoms with Crippen molar-refractivity contribution in [1.82, 2.24) is 19.7 Å². The molecule has 9 nitrogen and oxygen atoms in total. The summed E-state index contributed by atoms with van der Waals surface area (Å²) in [6, 6.07) is 6.45. The third kappa shape index (κ3) is 3.14. The summed E-state index contributed by atoms with van der Waals surface area (Å²) < 4.78 is 33.4. The molecule has 1 aromatic carbocycles. The molecule has 158 valence electrons. The Morgan fingerprint density at radius 3 is 2.87 bits per heavy atom. The van der Waals surface area contributed by atoms with Crippen LogP contribution in [0.15, 0.2) is 24.4 Å². The normalized spacial score (nSPS) is 18.8. The molecule has 5 rings (SSSR count). The van der Waals surface area contributed by atoms with Gasteiger partial charge in [0.05, 0.1) is 36.4 Å². The molecular weight excluding hydrogens is 403 g/mol. The third-order valence-corrected chi connectivity index (χ3v) is 5.49. The summed E-state index contributed by atoms with van der Waals surface area (Å²) >= 11 is 0. The second-order valence-corrected chi connectivity index (χ2v) is 7.75. The Morgan fingerprint density at radius 1 is 1.35 bits per heavy atom. The first-order valence-corrected chi connectivity index (χ1v) is 9.71. The predicted molar refractivity (Wildman–Crippen MR) is 107 cm³/mol. The largest absolute Gasteiger partial charge is 0.482 e. The number of halogens is 1. The molecular formula is C21H19FN6O3. The Labute approximate surface area is 177 Å². The van der Waals surface area contributed by atoms with Gasteiger partial charge in [0.2, 0.25) is 0 Å². The molecule has 0 aliphatic carbocycles. The van der Waals surface area contributed by atoms with Crippen molar-refractivity contribution in [2.75, 3.05) is 18.9 Å². The first kappa shape index (κ1) is 19.3. The first-order valence-electron chi connectivity index (χ1n) is 9.71. The number of benzene rings is 1. The molecule has 0 radical (unpaired) electrons. The molecule has 2 aromatic heterocycles. The van der Waals surface area contributed by atoms with E-state index in [9.17, 15) is 9.65 Å². The van der Waals surface area contributed by atoms with Gasteiger partial charge in [-0.3, -0.25) is 4.68 Å². The van der Waals surface area contributed by atoms with Gasteiger partial charge in [0.25, 0.3) is 5.88 Å². The molecule has 0 amide bonds. The number of nitriles is 1. The summed E-state index contributed by atoms with van der Waals surface area (Å²) in [6.45, 7) is 2.41. The van der Waals surface area contributed by atoms with Crippen molar-refractivity contribution in [2.45, 2.75) is 25.0 Å². The number of aromatic nitrogens is 4. The zero-order chi connectivity index (χ0) is 21.8. The predicted octanol–water partition coefficient (Wildman–Crippen LogP) is 2.31. The smallest absolute Gasteiger partial charge is 0.258 e. The minimum Gasteiger partial charge on any atom is -0.482 e. The number of hydrogen-bond acceptors (Lipinski definition) is 8. The van der Waals surface area contributed by atoms with Crippen molar-refractivity contribution >= 4 is 5.82 Å². The van der Waals surface area contributed by atoms with Crippen molar-refractivity contribution in [2.24, 2.45) is 7.05 Å². The van der Waals surface area contributed by atoms with Gasteiger partial charge in [-0.2, -0.15) is 10.4 Å². The molecule has 31 heavy (non-hydrogen) atoms. The highest BCUT2D eigenvalue weighted by Crippen LogP contribution is 2.39. The summed E-state index contributed by atoms with van der Waals surface area (Å²) in [7, 11) is 1.69. The first-order chi connectivity index (χ1) is 14.9. The van der Waals surface area contributed by atoms with Gasteiger partial charge < -0.3 is 19.9 Å². The Morgan fingerprint density at radius 2 is 2.16 bits per heavy atom. The van der Waals surface area contributed by atoms with Gasteiger partial charge in [-0.15, -0.1) is 0 Å². The number of nitrogens with two attached hydrogens (primary N) is 1. The minimum atomic E-state index is -0.717. The monoisotopic (exact) mass is 422 g/mol. The lowest BCUT2D eigenvalue weighted by atomic mass is 9.92. The molecule has 1 atom stereocenters. The Hall–Kier alpha value is -3.71. The van der Waals surface area contributed by atoms with E-state index in [0.717, 1.165) is 0 Å². The van der Waals surface area contributed by atoms with E-state index < -0.39 is 17.5 Å². The molecule has 2 N–H and O–H groups in total. The van der Waals surface area contributed by atoms with Crippen molar-refractivity contribution < 1.29 is 18.6 Å². The number of ether oxygens (including phenoxy) is 3. The summed E-state index contributed by atoms with van der Waals surface area (Å²) in [5, 5.41) is 14.3. The molecule has 0 saturated carbocycles. The molecule has 1 unspecified atom stereocenters. The van der Waals surface area contributed by atoms with Crippen molar-refractivity contribution in [1.29, 1.82) is 5.26 Å². The van der Waals surface area contributed by atoms with Crippen LogP contribution in [0.4, 0.5) is 10.2 Å². The SMILES string of the molecule is CC1Oc2nc(cnc2N)-c2c(nn(C)c2C#N)CC2(COC2)Oc2ccc(F)cc21. The van der Waals surface area contributed by atoms with Crippen LogP contribution in [0.2, 0.25) is 0 Å². The summed E-state index contributed by atoms with van der Waals surface area (Å²) in [5.74, 6) is 0.223. The van der Waals surface area contributed by atoms with Crippen LogP contribution < -0.4 is 15.2 Å². The van der Waals surface area contributed by atoms with Crippen LogP contribution in [-0.2, 0) is 18.2 Å². The average molecular weight is 422 g/mol. The highest BCUT2D eigenvalue weighted by molar-refractivity contribution is 5.69. The van der Waals surface area contributed by atoms with Crippen molar-refractivity contribution in [3.63, 3.8) is 0 Å². The number of fused-ring (bicyclic) bond motifs is 5. The average Bonchev–Trinajstić information content (AvgIpc) is 3.03. The van der Waals surface area contributed by atoms with Gasteiger partial charge in [0, 0.05) is 19.0 Å². The Kier molecular flexibility index (Phi) is 4.30. The van der Waals surface area contributed by atoms with Crippen molar-refractivity contribution in [3.05, 3.63) is 47.2 Å². The highest BCUT2D eigenvalue weighted by atomic mass is 19.1. The lowest BCUT2D eigenvalue weighted by Crippen LogP contribution is -2.56. The van der Waals surface area contributed by atoms with E-state index in [4.69, 9.17) is 19.9 Å². The molecule has 2 aliphatic rings. The van der Waals surface area contributed by atoms with Crippen molar-refractivity contribution in [3.8, 4) is 29.0 Å². The second-order valence-electron chi connectivity index (χ2n) is 7.75. The molecule has 2 aliphatic heterocycles. The fourth-order valence-corrected chi connectivity index (χ4v) is 3.92. The van der Waals surface area contributed by atoms with Crippen LogP contribution in [0.3, 0.4) is 0 Å². The number of nitrogen functional groups attached to an aromatic ring is 1. The van der Waals surface area contributed by atoms with E-state index in [-0.39, 0.29) is 11.7 Å². The number of nitrogens with zero attached hydrogens (tertiary/aromatic N) is 5. The summed E-state index contributed by atoms with van der Waals surface area (Å²) in [6.07, 6.45) is 1.22. The zero-order valence-corrected chi connectivity index (χ0v) is 16.9. The van der Waals surface area contributed by atoms with Crippen LogP contribution in [0.1, 0.15) is 30.0 Å². The van der Waals surface area contributed by atoms with Crippen LogP contribution in [0.5, 0.6) is 11.6 Å². The van der Waals surface area contributed by atoms with E-state index >= 15 is 0 Å². The van der Waals surface area contributed by atoms with Gasteiger partial charge in [-0.25, -0.2) is 14.4 Å². The number of hydrogen-bond donors (Lipinski definition) is 1. The van der Waals surface area contributed by atoms with Crippen LogP contribution in [0, 0.1) is 17.1 Å². The quantitative estimate of drug-likeness (QED) is 0.586. The van der Waals surface area contributed by atoms with Crippen LogP contribution in [-0.4, -0.2) is 38.6 Å². The highest BCUT2D eigenvalue weighted by Gasteiger charge is 2.44. The molecule has 4 heterocycles. The minimum absolute atomic E-state index is 0.0827. The van der Waals surface area contributed by atoms with E-state index in [0.29, 0.717) is 53.6 Å². The lowest BCUT2D eigenvalue weighted by molar-refractivity contribution is -0.161. The molecule has 1 fully saturated rings. The van der Waals surface area contributed by atoms with Gasteiger partial charge in [-0.05, 0) is 25.1 Å². The molecule has 2 bridgehead atoms. The fourth-order valence-electron chi connectivity index (χ4n) is 3.92. The van der Waals surface area contributed by atoms with E-state index in [2.05, 4.69) is 21.1 Å². The fraction of sp³-hybridized carbons (Fsp3) is 0.333.